The summed E-state index contributed by atoms with van der Waals surface area (Å²) in [4.78, 5) is 27.8. The van der Waals surface area contributed by atoms with Crippen LogP contribution >= 0.6 is 0 Å². The maximum atomic E-state index is 12.4. The molecule has 0 aromatic rings. The number of allylic oxidation sites excluding steroid dienone is 2. The standard InChI is InChI=1S/C14H20N2O4S/c1-15(10-6-7-21(19,20)8-10)9-16-13(17)11-4-2-3-5-12(11)14(16)18/h2-3,10-12H,4-9H2,1H3. The number of imide groups is 1. The molecule has 0 aromatic carbocycles. The van der Waals surface area contributed by atoms with Crippen molar-refractivity contribution in [1.29, 1.82) is 0 Å². The number of hydrogen-bond acceptors (Lipinski definition) is 5. The molecule has 3 unspecified atom stereocenters. The highest BCUT2D eigenvalue weighted by molar-refractivity contribution is 7.91. The summed E-state index contributed by atoms with van der Waals surface area (Å²) in [7, 11) is -1.18. The number of amides is 2. The van der Waals surface area contributed by atoms with E-state index in [4.69, 9.17) is 0 Å². The maximum absolute atomic E-state index is 12.4. The molecule has 0 spiro atoms. The third-order valence-corrected chi connectivity index (χ3v) is 6.55. The van der Waals surface area contributed by atoms with E-state index in [1.165, 1.54) is 4.90 Å². The molecule has 0 radical (unpaired) electrons. The van der Waals surface area contributed by atoms with Crippen LogP contribution < -0.4 is 0 Å². The molecular weight excluding hydrogens is 292 g/mol. The van der Waals surface area contributed by atoms with E-state index >= 15 is 0 Å². The third kappa shape index (κ3) is 2.64. The Hall–Kier alpha value is -1.21. The average Bonchev–Trinajstić information content (AvgIpc) is 2.93. The fraction of sp³-hybridized carbons (Fsp3) is 0.714. The fourth-order valence-corrected chi connectivity index (χ4v) is 5.28. The molecule has 0 aromatic heterocycles. The van der Waals surface area contributed by atoms with Crippen molar-refractivity contribution in [2.75, 3.05) is 25.2 Å². The molecule has 7 heteroatoms. The number of rotatable bonds is 3. The zero-order valence-corrected chi connectivity index (χ0v) is 12.9. The van der Waals surface area contributed by atoms with Crippen molar-refractivity contribution >= 4 is 21.7 Å². The molecule has 0 N–H and O–H groups in total. The van der Waals surface area contributed by atoms with E-state index in [1.54, 1.807) is 7.05 Å². The quantitative estimate of drug-likeness (QED) is 0.542. The van der Waals surface area contributed by atoms with Crippen LogP contribution in [0, 0.1) is 11.8 Å². The first-order chi connectivity index (χ1) is 9.89. The van der Waals surface area contributed by atoms with Crippen LogP contribution in [0.2, 0.25) is 0 Å². The van der Waals surface area contributed by atoms with Crippen LogP contribution in [-0.2, 0) is 19.4 Å². The summed E-state index contributed by atoms with van der Waals surface area (Å²) in [6.07, 6.45) is 5.76. The Morgan fingerprint density at radius 2 is 1.76 bits per heavy atom. The predicted molar refractivity (Wildman–Crippen MR) is 76.9 cm³/mol. The van der Waals surface area contributed by atoms with Crippen molar-refractivity contribution < 1.29 is 18.0 Å². The van der Waals surface area contributed by atoms with Gasteiger partial charge in [0.1, 0.15) is 0 Å². The molecule has 3 rings (SSSR count). The Kier molecular flexibility index (Phi) is 3.65. The highest BCUT2D eigenvalue weighted by atomic mass is 32.2. The van der Waals surface area contributed by atoms with Crippen molar-refractivity contribution in [3.8, 4) is 0 Å². The average molecular weight is 312 g/mol. The molecule has 0 saturated carbocycles. The van der Waals surface area contributed by atoms with Gasteiger partial charge >= 0.3 is 0 Å². The lowest BCUT2D eigenvalue weighted by Gasteiger charge is -2.27. The Balaban J connectivity index is 1.68. The van der Waals surface area contributed by atoms with E-state index in [9.17, 15) is 18.0 Å². The van der Waals surface area contributed by atoms with Gasteiger partial charge in [0.2, 0.25) is 11.8 Å². The van der Waals surface area contributed by atoms with E-state index in [0.717, 1.165) is 0 Å². The van der Waals surface area contributed by atoms with Gasteiger partial charge in [-0.1, -0.05) is 12.2 Å². The van der Waals surface area contributed by atoms with Crippen molar-refractivity contribution in [2.45, 2.75) is 25.3 Å². The molecule has 6 nitrogen and oxygen atoms in total. The summed E-state index contributed by atoms with van der Waals surface area (Å²) in [6, 6.07) is -0.101. The zero-order valence-electron chi connectivity index (χ0n) is 12.1. The van der Waals surface area contributed by atoms with Crippen molar-refractivity contribution in [3.05, 3.63) is 12.2 Å². The van der Waals surface area contributed by atoms with E-state index in [1.807, 2.05) is 17.1 Å². The first-order valence-electron chi connectivity index (χ1n) is 7.30. The van der Waals surface area contributed by atoms with Gasteiger partial charge in [-0.3, -0.25) is 19.4 Å². The number of likely N-dealkylation sites (tertiary alicyclic amines) is 1. The molecule has 2 saturated heterocycles. The lowest BCUT2D eigenvalue weighted by atomic mass is 9.85. The molecule has 2 aliphatic heterocycles. The number of fused-ring (bicyclic) bond motifs is 1. The minimum absolute atomic E-state index is 0.101. The van der Waals surface area contributed by atoms with Gasteiger partial charge in [-0.05, 0) is 26.3 Å². The summed E-state index contributed by atoms with van der Waals surface area (Å²) in [5.74, 6) is -0.344. The first kappa shape index (κ1) is 14.7. The van der Waals surface area contributed by atoms with Crippen molar-refractivity contribution in [2.24, 2.45) is 11.8 Å². The van der Waals surface area contributed by atoms with Gasteiger partial charge in [0, 0.05) is 6.04 Å². The predicted octanol–water partition coefficient (Wildman–Crippen LogP) is 0.0140. The second kappa shape index (κ2) is 5.21. The van der Waals surface area contributed by atoms with Gasteiger partial charge in [0.05, 0.1) is 30.0 Å². The summed E-state index contributed by atoms with van der Waals surface area (Å²) in [5.41, 5.74) is 0. The lowest BCUT2D eigenvalue weighted by molar-refractivity contribution is -0.142. The second-order valence-electron chi connectivity index (χ2n) is 6.22. The monoisotopic (exact) mass is 312 g/mol. The van der Waals surface area contributed by atoms with Crippen LogP contribution in [0.5, 0.6) is 0 Å². The van der Waals surface area contributed by atoms with Crippen LogP contribution in [-0.4, -0.2) is 61.3 Å². The van der Waals surface area contributed by atoms with E-state index in [-0.39, 0.29) is 47.9 Å². The van der Waals surface area contributed by atoms with Gasteiger partial charge in [-0.25, -0.2) is 8.42 Å². The Morgan fingerprint density at radius 1 is 1.19 bits per heavy atom. The van der Waals surface area contributed by atoms with Crippen LogP contribution in [0.4, 0.5) is 0 Å². The van der Waals surface area contributed by atoms with Crippen LogP contribution in [0.25, 0.3) is 0 Å². The molecule has 3 atom stereocenters. The zero-order chi connectivity index (χ0) is 15.2. The fourth-order valence-electron chi connectivity index (χ4n) is 3.47. The molecular formula is C14H20N2O4S. The van der Waals surface area contributed by atoms with Crippen LogP contribution in [0.1, 0.15) is 19.3 Å². The number of sulfone groups is 1. The highest BCUT2D eigenvalue weighted by Crippen LogP contribution is 2.35. The molecule has 0 bridgehead atoms. The van der Waals surface area contributed by atoms with E-state index < -0.39 is 9.84 Å². The third-order valence-electron chi connectivity index (χ3n) is 4.80. The van der Waals surface area contributed by atoms with Crippen LogP contribution in [0.3, 0.4) is 0 Å². The molecule has 2 fully saturated rings. The minimum Gasteiger partial charge on any atom is -0.285 e. The topological polar surface area (TPSA) is 74.8 Å². The van der Waals surface area contributed by atoms with Gasteiger partial charge < -0.3 is 0 Å². The SMILES string of the molecule is CN(CN1C(=O)C2CC=CCC2C1=O)C1CCS(=O)(=O)C1. The molecule has 2 amide bonds. The molecule has 3 aliphatic rings. The normalized spacial score (nSPS) is 34.8. The minimum atomic E-state index is -2.96. The Bertz CT molecular complexity index is 572. The maximum Gasteiger partial charge on any atom is 0.234 e. The summed E-state index contributed by atoms with van der Waals surface area (Å²) >= 11 is 0. The molecule has 1 aliphatic carbocycles. The van der Waals surface area contributed by atoms with Gasteiger partial charge in [0.25, 0.3) is 0 Å². The van der Waals surface area contributed by atoms with Crippen molar-refractivity contribution in [3.63, 3.8) is 0 Å². The summed E-state index contributed by atoms with van der Waals surface area (Å²) < 4.78 is 23.1. The van der Waals surface area contributed by atoms with Crippen molar-refractivity contribution in [1.82, 2.24) is 9.80 Å². The van der Waals surface area contributed by atoms with Crippen LogP contribution in [0.15, 0.2) is 12.2 Å². The van der Waals surface area contributed by atoms with Gasteiger partial charge in [-0.15, -0.1) is 0 Å². The Morgan fingerprint density at radius 3 is 2.24 bits per heavy atom. The molecule has 2 heterocycles. The largest absolute Gasteiger partial charge is 0.285 e. The Labute approximate surface area is 124 Å². The number of hydrogen-bond donors (Lipinski definition) is 0. The number of nitrogens with zero attached hydrogens (tertiary/aromatic N) is 2. The second-order valence-corrected chi connectivity index (χ2v) is 8.44. The van der Waals surface area contributed by atoms with E-state index in [0.29, 0.717) is 19.3 Å². The molecule has 116 valence electrons. The lowest BCUT2D eigenvalue weighted by Crippen LogP contribution is -2.44. The van der Waals surface area contributed by atoms with E-state index in [2.05, 4.69) is 0 Å². The smallest absolute Gasteiger partial charge is 0.234 e. The van der Waals surface area contributed by atoms with Gasteiger partial charge in [0.15, 0.2) is 9.84 Å². The van der Waals surface area contributed by atoms with Gasteiger partial charge in [-0.2, -0.15) is 0 Å². The molecule has 21 heavy (non-hydrogen) atoms. The summed E-state index contributed by atoms with van der Waals surface area (Å²) in [6.45, 7) is 0.199. The number of carbonyl (C=O) groups is 2. The number of carbonyl (C=O) groups excluding carboxylic acids is 2. The first-order valence-corrected chi connectivity index (χ1v) is 9.12. The summed E-state index contributed by atoms with van der Waals surface area (Å²) in [5, 5.41) is 0. The highest BCUT2D eigenvalue weighted by Gasteiger charge is 2.47.